The second-order valence-electron chi connectivity index (χ2n) is 5.14. The zero-order valence-corrected chi connectivity index (χ0v) is 12.2. The van der Waals surface area contributed by atoms with E-state index in [9.17, 15) is 9.18 Å². The van der Waals surface area contributed by atoms with Crippen LogP contribution in [0.2, 0.25) is 5.02 Å². The van der Waals surface area contributed by atoms with Crippen molar-refractivity contribution in [2.24, 2.45) is 0 Å². The third kappa shape index (κ3) is 2.25. The quantitative estimate of drug-likeness (QED) is 0.819. The molecule has 2 N–H and O–H groups in total. The summed E-state index contributed by atoms with van der Waals surface area (Å²) < 4.78 is 13.9. The number of carbonyl (C=O) groups is 1. The van der Waals surface area contributed by atoms with E-state index in [1.165, 1.54) is 23.1 Å². The number of fused-ring (bicyclic) bond motifs is 1. The fourth-order valence-corrected chi connectivity index (χ4v) is 2.87. The SMILES string of the molecule is Cc1cc2c(cc1N)N(C(=O)c1c(F)cccc1Cl)CC2. The molecule has 0 spiro atoms. The smallest absolute Gasteiger partial charge is 0.262 e. The Labute approximate surface area is 127 Å². The molecule has 0 unspecified atom stereocenters. The van der Waals surface area contributed by atoms with Crippen LogP contribution in [-0.2, 0) is 6.42 Å². The largest absolute Gasteiger partial charge is 0.398 e. The van der Waals surface area contributed by atoms with Crippen LogP contribution >= 0.6 is 11.6 Å². The number of halogens is 2. The maximum absolute atomic E-state index is 13.9. The van der Waals surface area contributed by atoms with Gasteiger partial charge >= 0.3 is 0 Å². The Morgan fingerprint density at radius 3 is 2.86 bits per heavy atom. The van der Waals surface area contributed by atoms with Crippen LogP contribution in [0.15, 0.2) is 30.3 Å². The van der Waals surface area contributed by atoms with Gasteiger partial charge in [-0.2, -0.15) is 0 Å². The first-order chi connectivity index (χ1) is 9.99. The summed E-state index contributed by atoms with van der Waals surface area (Å²) in [7, 11) is 0. The molecule has 2 aromatic carbocycles. The second kappa shape index (κ2) is 5.04. The van der Waals surface area contributed by atoms with Crippen LogP contribution in [0, 0.1) is 12.7 Å². The molecule has 1 aliphatic rings. The van der Waals surface area contributed by atoms with Gasteiger partial charge in [-0.25, -0.2) is 4.39 Å². The standard InChI is InChI=1S/C16H14ClFN2O/c1-9-7-10-5-6-20(14(10)8-13(9)19)16(21)15-11(17)3-2-4-12(15)18/h2-4,7-8H,5-6,19H2,1H3. The molecule has 1 aliphatic heterocycles. The Hall–Kier alpha value is -2.07. The van der Waals surface area contributed by atoms with Crippen molar-refractivity contribution in [1.82, 2.24) is 0 Å². The van der Waals surface area contributed by atoms with Crippen LogP contribution in [0.3, 0.4) is 0 Å². The number of anilines is 2. The minimum Gasteiger partial charge on any atom is -0.398 e. The third-order valence-electron chi connectivity index (χ3n) is 3.78. The Morgan fingerprint density at radius 2 is 2.14 bits per heavy atom. The molecule has 108 valence electrons. The number of hydrogen-bond donors (Lipinski definition) is 1. The van der Waals surface area contributed by atoms with E-state index in [0.29, 0.717) is 12.2 Å². The molecule has 0 atom stereocenters. The van der Waals surface area contributed by atoms with Gasteiger partial charge in [0.25, 0.3) is 5.91 Å². The summed E-state index contributed by atoms with van der Waals surface area (Å²) in [5.41, 5.74) is 9.20. The molecule has 3 rings (SSSR count). The van der Waals surface area contributed by atoms with Gasteiger partial charge < -0.3 is 10.6 Å². The summed E-state index contributed by atoms with van der Waals surface area (Å²) in [6.07, 6.45) is 0.730. The van der Waals surface area contributed by atoms with E-state index in [1.54, 1.807) is 6.07 Å². The van der Waals surface area contributed by atoms with E-state index in [0.717, 1.165) is 23.2 Å². The van der Waals surface area contributed by atoms with Gasteiger partial charge in [-0.05, 0) is 42.7 Å². The Morgan fingerprint density at radius 1 is 1.38 bits per heavy atom. The molecule has 0 aromatic heterocycles. The van der Waals surface area contributed by atoms with Crippen molar-refractivity contribution in [3.63, 3.8) is 0 Å². The molecule has 0 saturated heterocycles. The van der Waals surface area contributed by atoms with Gasteiger partial charge in [-0.1, -0.05) is 23.7 Å². The third-order valence-corrected chi connectivity index (χ3v) is 4.10. The lowest BCUT2D eigenvalue weighted by molar-refractivity contribution is 0.0985. The average Bonchev–Trinajstić information content (AvgIpc) is 2.81. The molecule has 1 amide bonds. The minimum absolute atomic E-state index is 0.0915. The average molecular weight is 305 g/mol. The number of hydrogen-bond acceptors (Lipinski definition) is 2. The summed E-state index contributed by atoms with van der Waals surface area (Å²) in [6.45, 7) is 2.43. The molecule has 0 fully saturated rings. The molecular weight excluding hydrogens is 291 g/mol. The highest BCUT2D eigenvalue weighted by Crippen LogP contribution is 2.34. The van der Waals surface area contributed by atoms with Crippen LogP contribution < -0.4 is 10.6 Å². The fourth-order valence-electron chi connectivity index (χ4n) is 2.62. The van der Waals surface area contributed by atoms with E-state index in [2.05, 4.69) is 0 Å². The normalized spacial score (nSPS) is 13.4. The second-order valence-corrected chi connectivity index (χ2v) is 5.55. The monoisotopic (exact) mass is 304 g/mol. The van der Waals surface area contributed by atoms with Gasteiger partial charge in [-0.15, -0.1) is 0 Å². The van der Waals surface area contributed by atoms with Crippen molar-refractivity contribution in [1.29, 1.82) is 0 Å². The van der Waals surface area contributed by atoms with Gasteiger partial charge in [-0.3, -0.25) is 4.79 Å². The van der Waals surface area contributed by atoms with Crippen molar-refractivity contribution >= 4 is 28.9 Å². The predicted molar refractivity (Wildman–Crippen MR) is 82.4 cm³/mol. The van der Waals surface area contributed by atoms with Crippen LogP contribution in [-0.4, -0.2) is 12.5 Å². The molecule has 21 heavy (non-hydrogen) atoms. The first kappa shape index (κ1) is 13.9. The number of nitrogen functional groups attached to an aromatic ring is 1. The van der Waals surface area contributed by atoms with Crippen LogP contribution in [0.5, 0.6) is 0 Å². The number of aryl methyl sites for hydroxylation is 1. The molecule has 0 radical (unpaired) electrons. The van der Waals surface area contributed by atoms with Crippen LogP contribution in [0.1, 0.15) is 21.5 Å². The fraction of sp³-hybridized carbons (Fsp3) is 0.188. The summed E-state index contributed by atoms with van der Waals surface area (Å²) in [6, 6.07) is 7.97. The minimum atomic E-state index is -0.610. The lowest BCUT2D eigenvalue weighted by Gasteiger charge is -2.19. The lowest BCUT2D eigenvalue weighted by atomic mass is 10.1. The molecule has 3 nitrogen and oxygen atoms in total. The van der Waals surface area contributed by atoms with E-state index in [4.69, 9.17) is 17.3 Å². The molecule has 2 aromatic rings. The van der Waals surface area contributed by atoms with Gasteiger partial charge in [0, 0.05) is 17.9 Å². The van der Waals surface area contributed by atoms with Crippen molar-refractivity contribution in [3.05, 3.63) is 57.9 Å². The van der Waals surface area contributed by atoms with E-state index < -0.39 is 11.7 Å². The molecule has 5 heteroatoms. The van der Waals surface area contributed by atoms with Crippen molar-refractivity contribution in [2.45, 2.75) is 13.3 Å². The Kier molecular flexibility index (Phi) is 3.33. The molecule has 0 aliphatic carbocycles. The van der Waals surface area contributed by atoms with Crippen LogP contribution in [0.4, 0.5) is 15.8 Å². The van der Waals surface area contributed by atoms with Crippen molar-refractivity contribution < 1.29 is 9.18 Å². The van der Waals surface area contributed by atoms with Gasteiger partial charge in [0.05, 0.1) is 10.6 Å². The van der Waals surface area contributed by atoms with E-state index >= 15 is 0 Å². The number of rotatable bonds is 1. The number of amides is 1. The molecule has 0 bridgehead atoms. The zero-order valence-electron chi connectivity index (χ0n) is 11.5. The highest BCUT2D eigenvalue weighted by Gasteiger charge is 2.29. The lowest BCUT2D eigenvalue weighted by Crippen LogP contribution is -2.30. The highest BCUT2D eigenvalue weighted by atomic mass is 35.5. The van der Waals surface area contributed by atoms with Crippen LogP contribution in [0.25, 0.3) is 0 Å². The summed E-state index contributed by atoms with van der Waals surface area (Å²) in [5, 5.41) is 0.119. The Balaban J connectivity index is 2.05. The Bertz CT molecular complexity index is 725. The van der Waals surface area contributed by atoms with Gasteiger partial charge in [0.1, 0.15) is 5.82 Å². The first-order valence-electron chi connectivity index (χ1n) is 6.64. The van der Waals surface area contributed by atoms with E-state index in [-0.39, 0.29) is 10.6 Å². The van der Waals surface area contributed by atoms with Crippen molar-refractivity contribution in [3.8, 4) is 0 Å². The molecule has 0 saturated carbocycles. The van der Waals surface area contributed by atoms with E-state index in [1.807, 2.05) is 13.0 Å². The zero-order chi connectivity index (χ0) is 15.1. The predicted octanol–water partition coefficient (Wildman–Crippen LogP) is 3.57. The number of nitrogens with two attached hydrogens (primary N) is 1. The first-order valence-corrected chi connectivity index (χ1v) is 7.01. The highest BCUT2D eigenvalue weighted by molar-refractivity contribution is 6.34. The summed E-state index contributed by atoms with van der Waals surface area (Å²) in [4.78, 5) is 14.1. The number of benzene rings is 2. The summed E-state index contributed by atoms with van der Waals surface area (Å²) in [5.74, 6) is -1.04. The maximum Gasteiger partial charge on any atom is 0.262 e. The number of carbonyl (C=O) groups excluding carboxylic acids is 1. The van der Waals surface area contributed by atoms with Crippen molar-refractivity contribution in [2.75, 3.05) is 17.2 Å². The topological polar surface area (TPSA) is 46.3 Å². The molecular formula is C16H14ClFN2O. The van der Waals surface area contributed by atoms with Gasteiger partial charge in [0.15, 0.2) is 0 Å². The molecule has 1 heterocycles. The summed E-state index contributed by atoms with van der Waals surface area (Å²) >= 11 is 5.97. The maximum atomic E-state index is 13.9. The number of nitrogens with zero attached hydrogens (tertiary/aromatic N) is 1. The van der Waals surface area contributed by atoms with Gasteiger partial charge in [0.2, 0.25) is 0 Å².